The first-order chi connectivity index (χ1) is 5.68. The molecular formula is C9H12ClNO. The Morgan fingerprint density at radius 2 is 2.33 bits per heavy atom. The van der Waals surface area contributed by atoms with Gasteiger partial charge in [-0.1, -0.05) is 11.6 Å². The van der Waals surface area contributed by atoms with E-state index >= 15 is 0 Å². The highest BCUT2D eigenvalue weighted by Gasteiger charge is 1.97. The average molecular weight is 186 g/mol. The zero-order valence-corrected chi connectivity index (χ0v) is 8.01. The fraction of sp³-hybridized carbons (Fsp3) is 0.444. The highest BCUT2D eigenvalue weighted by molar-refractivity contribution is 6.30. The molecule has 1 aromatic heterocycles. The van der Waals surface area contributed by atoms with Gasteiger partial charge in [-0.2, -0.15) is 0 Å². The molecule has 0 bridgehead atoms. The van der Waals surface area contributed by atoms with E-state index in [0.717, 1.165) is 5.69 Å². The molecule has 0 fully saturated rings. The summed E-state index contributed by atoms with van der Waals surface area (Å²) in [6.45, 7) is 4.51. The van der Waals surface area contributed by atoms with Crippen molar-refractivity contribution in [2.45, 2.75) is 26.6 Å². The van der Waals surface area contributed by atoms with Crippen molar-refractivity contribution < 1.29 is 4.74 Å². The maximum Gasteiger partial charge on any atom is 0.0891 e. The van der Waals surface area contributed by atoms with Gasteiger partial charge in [0.15, 0.2) is 0 Å². The van der Waals surface area contributed by atoms with Crippen LogP contribution < -0.4 is 0 Å². The van der Waals surface area contributed by atoms with E-state index in [4.69, 9.17) is 16.3 Å². The van der Waals surface area contributed by atoms with Crippen molar-refractivity contribution >= 4 is 11.6 Å². The summed E-state index contributed by atoms with van der Waals surface area (Å²) >= 11 is 5.76. The fourth-order valence-electron chi connectivity index (χ4n) is 0.780. The molecule has 0 saturated heterocycles. The highest BCUT2D eigenvalue weighted by atomic mass is 35.5. The Morgan fingerprint density at radius 1 is 1.58 bits per heavy atom. The second-order valence-electron chi connectivity index (χ2n) is 2.83. The third kappa shape index (κ3) is 3.20. The predicted octanol–water partition coefficient (Wildman–Crippen LogP) is 2.66. The summed E-state index contributed by atoms with van der Waals surface area (Å²) in [7, 11) is 0. The van der Waals surface area contributed by atoms with Crippen molar-refractivity contribution in [1.82, 2.24) is 4.98 Å². The Balaban J connectivity index is 2.52. The topological polar surface area (TPSA) is 22.1 Å². The summed E-state index contributed by atoms with van der Waals surface area (Å²) in [4.78, 5) is 4.10. The van der Waals surface area contributed by atoms with Gasteiger partial charge in [-0.05, 0) is 26.0 Å². The lowest BCUT2D eigenvalue weighted by atomic mass is 10.3. The molecule has 0 aliphatic carbocycles. The first-order valence-corrected chi connectivity index (χ1v) is 4.28. The molecule has 1 heterocycles. The summed E-state index contributed by atoms with van der Waals surface area (Å²) in [5.41, 5.74) is 0.871. The average Bonchev–Trinajstić information content (AvgIpc) is 2.01. The standard InChI is InChI=1S/C9H12ClNO/c1-7(2)12-6-9-5-8(10)3-4-11-9/h3-5,7H,6H2,1-2H3. The number of hydrogen-bond donors (Lipinski definition) is 0. The van der Waals surface area contributed by atoms with Crippen molar-refractivity contribution in [1.29, 1.82) is 0 Å². The molecule has 0 amide bonds. The van der Waals surface area contributed by atoms with E-state index in [1.807, 2.05) is 19.9 Å². The predicted molar refractivity (Wildman–Crippen MR) is 49.2 cm³/mol. The molecule has 0 unspecified atom stereocenters. The smallest absolute Gasteiger partial charge is 0.0891 e. The molecule has 0 aliphatic rings. The van der Waals surface area contributed by atoms with Crippen LogP contribution in [0.1, 0.15) is 19.5 Å². The molecule has 0 aliphatic heterocycles. The Hall–Kier alpha value is -0.600. The first kappa shape index (κ1) is 9.49. The van der Waals surface area contributed by atoms with E-state index in [9.17, 15) is 0 Å². The third-order valence-corrected chi connectivity index (χ3v) is 1.58. The van der Waals surface area contributed by atoms with Crippen molar-refractivity contribution in [2.75, 3.05) is 0 Å². The number of hydrogen-bond acceptors (Lipinski definition) is 2. The minimum absolute atomic E-state index is 0.228. The lowest BCUT2D eigenvalue weighted by Crippen LogP contribution is -2.03. The van der Waals surface area contributed by atoms with E-state index in [2.05, 4.69) is 4.98 Å². The second-order valence-corrected chi connectivity index (χ2v) is 3.26. The molecule has 0 spiro atoms. The molecule has 0 aromatic carbocycles. The summed E-state index contributed by atoms with van der Waals surface area (Å²) in [5, 5.41) is 0.701. The molecule has 2 nitrogen and oxygen atoms in total. The van der Waals surface area contributed by atoms with Crippen molar-refractivity contribution in [3.8, 4) is 0 Å². The van der Waals surface area contributed by atoms with Crippen LogP contribution in [0.3, 0.4) is 0 Å². The molecule has 0 atom stereocenters. The first-order valence-electron chi connectivity index (χ1n) is 3.90. The van der Waals surface area contributed by atoms with E-state index in [1.54, 1.807) is 12.3 Å². The Kier molecular flexibility index (Phi) is 3.50. The molecule has 3 heteroatoms. The lowest BCUT2D eigenvalue weighted by Gasteiger charge is -2.06. The SMILES string of the molecule is CC(C)OCc1cc(Cl)ccn1. The van der Waals surface area contributed by atoms with E-state index in [1.165, 1.54) is 0 Å². The lowest BCUT2D eigenvalue weighted by molar-refractivity contribution is 0.0636. The van der Waals surface area contributed by atoms with Gasteiger partial charge < -0.3 is 4.74 Å². The van der Waals surface area contributed by atoms with Crippen LogP contribution in [-0.2, 0) is 11.3 Å². The van der Waals surface area contributed by atoms with Crippen molar-refractivity contribution in [3.63, 3.8) is 0 Å². The molecular weight excluding hydrogens is 174 g/mol. The van der Waals surface area contributed by atoms with Crippen LogP contribution in [0.4, 0.5) is 0 Å². The highest BCUT2D eigenvalue weighted by Crippen LogP contribution is 2.09. The maximum absolute atomic E-state index is 5.76. The maximum atomic E-state index is 5.76. The number of halogens is 1. The molecule has 12 heavy (non-hydrogen) atoms. The number of rotatable bonds is 3. The van der Waals surface area contributed by atoms with Gasteiger partial charge in [-0.15, -0.1) is 0 Å². The zero-order chi connectivity index (χ0) is 8.97. The molecule has 0 saturated carbocycles. The van der Waals surface area contributed by atoms with Crippen LogP contribution in [0.5, 0.6) is 0 Å². The fourth-order valence-corrected chi connectivity index (χ4v) is 0.962. The van der Waals surface area contributed by atoms with Gasteiger partial charge in [0.1, 0.15) is 0 Å². The third-order valence-electron chi connectivity index (χ3n) is 1.34. The van der Waals surface area contributed by atoms with Crippen molar-refractivity contribution in [2.24, 2.45) is 0 Å². The van der Waals surface area contributed by atoms with Gasteiger partial charge in [0, 0.05) is 11.2 Å². The van der Waals surface area contributed by atoms with E-state index in [-0.39, 0.29) is 6.10 Å². The second kappa shape index (κ2) is 4.43. The van der Waals surface area contributed by atoms with Crippen LogP contribution in [-0.4, -0.2) is 11.1 Å². The van der Waals surface area contributed by atoms with Crippen LogP contribution in [0.2, 0.25) is 5.02 Å². The summed E-state index contributed by atoms with van der Waals surface area (Å²) < 4.78 is 5.36. The number of aromatic nitrogens is 1. The van der Waals surface area contributed by atoms with Gasteiger partial charge >= 0.3 is 0 Å². The minimum atomic E-state index is 0.228. The molecule has 0 N–H and O–H groups in total. The van der Waals surface area contributed by atoms with Crippen LogP contribution in [0.15, 0.2) is 18.3 Å². The summed E-state index contributed by atoms with van der Waals surface area (Å²) in [5.74, 6) is 0. The number of nitrogens with zero attached hydrogens (tertiary/aromatic N) is 1. The van der Waals surface area contributed by atoms with Gasteiger partial charge in [-0.3, -0.25) is 4.98 Å². The van der Waals surface area contributed by atoms with E-state index < -0.39 is 0 Å². The zero-order valence-electron chi connectivity index (χ0n) is 7.25. The molecule has 1 aromatic rings. The largest absolute Gasteiger partial charge is 0.373 e. The Labute approximate surface area is 77.5 Å². The van der Waals surface area contributed by atoms with Gasteiger partial charge in [0.2, 0.25) is 0 Å². The molecule has 1 rings (SSSR count). The Morgan fingerprint density at radius 3 is 2.92 bits per heavy atom. The van der Waals surface area contributed by atoms with Crippen LogP contribution in [0.25, 0.3) is 0 Å². The van der Waals surface area contributed by atoms with E-state index in [0.29, 0.717) is 11.6 Å². The van der Waals surface area contributed by atoms with Crippen LogP contribution >= 0.6 is 11.6 Å². The Bertz CT molecular complexity index is 250. The number of pyridine rings is 1. The van der Waals surface area contributed by atoms with Gasteiger partial charge in [-0.25, -0.2) is 0 Å². The van der Waals surface area contributed by atoms with Crippen molar-refractivity contribution in [3.05, 3.63) is 29.0 Å². The quantitative estimate of drug-likeness (QED) is 0.723. The minimum Gasteiger partial charge on any atom is -0.373 e. The molecule has 0 radical (unpaired) electrons. The van der Waals surface area contributed by atoms with Gasteiger partial charge in [0.05, 0.1) is 18.4 Å². The van der Waals surface area contributed by atoms with Crippen LogP contribution in [0, 0.1) is 0 Å². The molecule has 66 valence electrons. The summed E-state index contributed by atoms with van der Waals surface area (Å²) in [6.07, 6.45) is 1.91. The summed E-state index contributed by atoms with van der Waals surface area (Å²) in [6, 6.07) is 3.56. The monoisotopic (exact) mass is 185 g/mol. The number of ether oxygens (including phenoxy) is 1. The normalized spacial score (nSPS) is 10.7. The van der Waals surface area contributed by atoms with Gasteiger partial charge in [0.25, 0.3) is 0 Å².